The van der Waals surface area contributed by atoms with E-state index in [0.29, 0.717) is 6.04 Å². The summed E-state index contributed by atoms with van der Waals surface area (Å²) in [4.78, 5) is 0. The number of halogens is 1. The third-order valence-electron chi connectivity index (χ3n) is 2.75. The predicted molar refractivity (Wildman–Crippen MR) is 56.2 cm³/mol. The molecule has 1 nitrogen and oxygen atoms in total. The van der Waals surface area contributed by atoms with Gasteiger partial charge in [-0.1, -0.05) is 23.7 Å². The summed E-state index contributed by atoms with van der Waals surface area (Å²) in [5, 5.41) is 4.36. The number of nitrogens with one attached hydrogen (secondary N) is 1. The van der Waals surface area contributed by atoms with Crippen LogP contribution in [0, 0.1) is 6.92 Å². The van der Waals surface area contributed by atoms with Gasteiger partial charge in [-0.2, -0.15) is 0 Å². The lowest BCUT2D eigenvalue weighted by Crippen LogP contribution is -2.13. The lowest BCUT2D eigenvalue weighted by molar-refractivity contribution is 0.644. The highest BCUT2D eigenvalue weighted by Crippen LogP contribution is 2.29. The van der Waals surface area contributed by atoms with E-state index < -0.39 is 0 Å². The van der Waals surface area contributed by atoms with Gasteiger partial charge in [-0.15, -0.1) is 0 Å². The van der Waals surface area contributed by atoms with Crippen molar-refractivity contribution in [3.05, 3.63) is 34.3 Å². The van der Waals surface area contributed by atoms with Gasteiger partial charge in [0.15, 0.2) is 0 Å². The standard InChI is InChI=1S/C11H14ClN/c1-8-9(4-2-5-10(8)12)11-6-3-7-13-11/h2,4-5,11,13H,3,6-7H2,1H3. The first-order valence-corrected chi connectivity index (χ1v) is 5.15. The molecule has 0 saturated carbocycles. The number of benzene rings is 1. The summed E-state index contributed by atoms with van der Waals surface area (Å²) < 4.78 is 0. The summed E-state index contributed by atoms with van der Waals surface area (Å²) in [5.41, 5.74) is 2.59. The molecular formula is C11H14ClN. The van der Waals surface area contributed by atoms with Crippen LogP contribution in [-0.4, -0.2) is 6.54 Å². The van der Waals surface area contributed by atoms with Crippen molar-refractivity contribution in [1.82, 2.24) is 5.32 Å². The summed E-state index contributed by atoms with van der Waals surface area (Å²) in [5.74, 6) is 0. The van der Waals surface area contributed by atoms with Gasteiger partial charge >= 0.3 is 0 Å². The monoisotopic (exact) mass is 195 g/mol. The zero-order chi connectivity index (χ0) is 9.26. The second-order valence-corrected chi connectivity index (χ2v) is 4.01. The van der Waals surface area contributed by atoms with E-state index in [1.807, 2.05) is 12.1 Å². The van der Waals surface area contributed by atoms with Crippen molar-refractivity contribution in [2.45, 2.75) is 25.8 Å². The predicted octanol–water partition coefficient (Wildman–Crippen LogP) is 3.07. The first kappa shape index (κ1) is 9.04. The lowest BCUT2D eigenvalue weighted by atomic mass is 10.0. The minimum absolute atomic E-state index is 0.527. The lowest BCUT2D eigenvalue weighted by Gasteiger charge is -2.14. The molecule has 0 spiro atoms. The van der Waals surface area contributed by atoms with Crippen LogP contribution in [-0.2, 0) is 0 Å². The van der Waals surface area contributed by atoms with Gasteiger partial charge in [-0.3, -0.25) is 0 Å². The maximum absolute atomic E-state index is 6.06. The Labute approximate surface area is 84.1 Å². The fourth-order valence-corrected chi connectivity index (χ4v) is 2.13. The zero-order valence-electron chi connectivity index (χ0n) is 7.81. The van der Waals surface area contributed by atoms with Crippen LogP contribution in [0.4, 0.5) is 0 Å². The van der Waals surface area contributed by atoms with E-state index in [9.17, 15) is 0 Å². The molecule has 0 bridgehead atoms. The van der Waals surface area contributed by atoms with Gasteiger partial charge in [-0.25, -0.2) is 0 Å². The Morgan fingerprint density at radius 1 is 1.46 bits per heavy atom. The molecule has 1 saturated heterocycles. The number of hydrogen-bond acceptors (Lipinski definition) is 1. The summed E-state index contributed by atoms with van der Waals surface area (Å²) in [6.07, 6.45) is 2.51. The van der Waals surface area contributed by atoms with Crippen molar-refractivity contribution in [3.63, 3.8) is 0 Å². The quantitative estimate of drug-likeness (QED) is 0.727. The summed E-state index contributed by atoms with van der Waals surface area (Å²) in [6.45, 7) is 3.23. The Morgan fingerprint density at radius 2 is 2.31 bits per heavy atom. The van der Waals surface area contributed by atoms with Crippen molar-refractivity contribution < 1.29 is 0 Å². The van der Waals surface area contributed by atoms with Gasteiger partial charge in [0, 0.05) is 11.1 Å². The van der Waals surface area contributed by atoms with Crippen molar-refractivity contribution >= 4 is 11.6 Å². The molecule has 1 aromatic carbocycles. The van der Waals surface area contributed by atoms with E-state index in [1.54, 1.807) is 0 Å². The first-order chi connectivity index (χ1) is 6.29. The van der Waals surface area contributed by atoms with Crippen molar-refractivity contribution in [1.29, 1.82) is 0 Å². The molecule has 1 N–H and O–H groups in total. The fourth-order valence-electron chi connectivity index (χ4n) is 1.95. The molecule has 1 aliphatic rings. The largest absolute Gasteiger partial charge is 0.310 e. The molecule has 0 radical (unpaired) electrons. The van der Waals surface area contributed by atoms with E-state index in [4.69, 9.17) is 11.6 Å². The Balaban J connectivity index is 2.33. The van der Waals surface area contributed by atoms with E-state index in [-0.39, 0.29) is 0 Å². The molecule has 1 unspecified atom stereocenters. The van der Waals surface area contributed by atoms with Crippen molar-refractivity contribution in [2.24, 2.45) is 0 Å². The van der Waals surface area contributed by atoms with Crippen molar-refractivity contribution in [3.8, 4) is 0 Å². The summed E-state index contributed by atoms with van der Waals surface area (Å²) in [6, 6.07) is 6.68. The number of hydrogen-bond donors (Lipinski definition) is 1. The molecular weight excluding hydrogens is 182 g/mol. The summed E-state index contributed by atoms with van der Waals surface area (Å²) in [7, 11) is 0. The van der Waals surface area contributed by atoms with E-state index in [2.05, 4.69) is 18.3 Å². The minimum atomic E-state index is 0.527. The van der Waals surface area contributed by atoms with Crippen LogP contribution in [0.3, 0.4) is 0 Å². The second kappa shape index (κ2) is 3.69. The Kier molecular flexibility index (Phi) is 2.56. The topological polar surface area (TPSA) is 12.0 Å². The Hall–Kier alpha value is -0.530. The van der Waals surface area contributed by atoms with Crippen LogP contribution in [0.15, 0.2) is 18.2 Å². The molecule has 1 fully saturated rings. The molecule has 2 heteroatoms. The average Bonchev–Trinajstić information content (AvgIpc) is 2.62. The van der Waals surface area contributed by atoms with Crippen LogP contribution in [0.2, 0.25) is 5.02 Å². The molecule has 0 aromatic heterocycles. The van der Waals surface area contributed by atoms with Crippen LogP contribution < -0.4 is 5.32 Å². The van der Waals surface area contributed by atoms with Crippen LogP contribution >= 0.6 is 11.6 Å². The smallest absolute Gasteiger partial charge is 0.0438 e. The molecule has 13 heavy (non-hydrogen) atoms. The van der Waals surface area contributed by atoms with Gasteiger partial charge in [0.2, 0.25) is 0 Å². The van der Waals surface area contributed by atoms with Gasteiger partial charge in [0.1, 0.15) is 0 Å². The zero-order valence-corrected chi connectivity index (χ0v) is 8.56. The molecule has 2 rings (SSSR count). The van der Waals surface area contributed by atoms with E-state index in [1.165, 1.54) is 24.0 Å². The first-order valence-electron chi connectivity index (χ1n) is 4.77. The third-order valence-corrected chi connectivity index (χ3v) is 3.15. The maximum atomic E-state index is 6.06. The van der Waals surface area contributed by atoms with Gasteiger partial charge in [0.05, 0.1) is 0 Å². The van der Waals surface area contributed by atoms with Gasteiger partial charge in [0.25, 0.3) is 0 Å². The number of rotatable bonds is 1. The SMILES string of the molecule is Cc1c(Cl)cccc1C1CCCN1. The summed E-state index contributed by atoms with van der Waals surface area (Å²) >= 11 is 6.06. The molecule has 0 amide bonds. The molecule has 0 aliphatic carbocycles. The average molecular weight is 196 g/mol. The van der Waals surface area contributed by atoms with E-state index in [0.717, 1.165) is 11.6 Å². The van der Waals surface area contributed by atoms with Crippen LogP contribution in [0.5, 0.6) is 0 Å². The Bertz CT molecular complexity index is 303. The molecule has 1 aliphatic heterocycles. The highest BCUT2D eigenvalue weighted by Gasteiger charge is 2.18. The minimum Gasteiger partial charge on any atom is -0.310 e. The molecule has 1 heterocycles. The fraction of sp³-hybridized carbons (Fsp3) is 0.455. The molecule has 70 valence electrons. The third kappa shape index (κ3) is 1.72. The normalized spacial score (nSPS) is 22.2. The maximum Gasteiger partial charge on any atom is 0.0438 e. The molecule has 1 atom stereocenters. The Morgan fingerprint density at radius 3 is 3.00 bits per heavy atom. The van der Waals surface area contributed by atoms with Crippen LogP contribution in [0.1, 0.15) is 30.0 Å². The second-order valence-electron chi connectivity index (χ2n) is 3.60. The highest BCUT2D eigenvalue weighted by atomic mass is 35.5. The van der Waals surface area contributed by atoms with Gasteiger partial charge < -0.3 is 5.32 Å². The molecule has 1 aromatic rings. The van der Waals surface area contributed by atoms with Crippen LogP contribution in [0.25, 0.3) is 0 Å². The highest BCUT2D eigenvalue weighted by molar-refractivity contribution is 6.31. The van der Waals surface area contributed by atoms with Gasteiger partial charge in [-0.05, 0) is 43.5 Å². The van der Waals surface area contributed by atoms with E-state index >= 15 is 0 Å². The van der Waals surface area contributed by atoms with Crippen molar-refractivity contribution in [2.75, 3.05) is 6.54 Å².